The van der Waals surface area contributed by atoms with Gasteiger partial charge in [0.1, 0.15) is 11.9 Å². The largest absolute Gasteiger partial charge is 0.378 e. The molecule has 1 saturated heterocycles. The molecule has 1 aliphatic heterocycles. The monoisotopic (exact) mass is 493 g/mol. The average molecular weight is 494 g/mol. The summed E-state index contributed by atoms with van der Waals surface area (Å²) in [5, 5.41) is 0. The maximum Gasteiger partial charge on any atom is 0.261 e. The van der Waals surface area contributed by atoms with Gasteiger partial charge >= 0.3 is 0 Å². The second-order valence-electron chi connectivity index (χ2n) is 8.12. The summed E-state index contributed by atoms with van der Waals surface area (Å²) in [6, 6.07) is 12.0. The lowest BCUT2D eigenvalue weighted by atomic mass is 10.1. The van der Waals surface area contributed by atoms with Gasteiger partial charge in [0.05, 0.1) is 30.4 Å². The Morgan fingerprint density at radius 2 is 1.88 bits per heavy atom. The normalized spacial score (nSPS) is 15.2. The van der Waals surface area contributed by atoms with Gasteiger partial charge in [-0.15, -0.1) is 0 Å². The van der Waals surface area contributed by atoms with Crippen LogP contribution in [0.4, 0.5) is 10.1 Å². The molecule has 0 spiro atoms. The van der Waals surface area contributed by atoms with Crippen molar-refractivity contribution in [3.63, 3.8) is 0 Å². The third kappa shape index (κ3) is 7.49. The van der Waals surface area contributed by atoms with E-state index in [-0.39, 0.29) is 11.5 Å². The molecule has 2 N–H and O–H groups in total. The van der Waals surface area contributed by atoms with Gasteiger partial charge in [0.2, 0.25) is 10.0 Å². The molecule has 8 nitrogen and oxygen atoms in total. The fourth-order valence-corrected chi connectivity index (χ4v) is 4.89. The van der Waals surface area contributed by atoms with Gasteiger partial charge in [0.25, 0.3) is 5.91 Å². The van der Waals surface area contributed by atoms with E-state index < -0.39 is 27.8 Å². The van der Waals surface area contributed by atoms with E-state index in [0.29, 0.717) is 44.8 Å². The number of hydrogen-bond acceptors (Lipinski definition) is 6. The Morgan fingerprint density at radius 3 is 2.56 bits per heavy atom. The molecule has 1 atom stereocenters. The topological polar surface area (TPSA) is 97.0 Å². The van der Waals surface area contributed by atoms with Crippen molar-refractivity contribution in [2.24, 2.45) is 0 Å². The molecule has 1 fully saturated rings. The fourth-order valence-electron chi connectivity index (χ4n) is 3.65. The quantitative estimate of drug-likeness (QED) is 0.348. The zero-order chi connectivity index (χ0) is 24.4. The maximum absolute atomic E-state index is 14.8. The van der Waals surface area contributed by atoms with Crippen LogP contribution in [0.1, 0.15) is 38.2 Å². The van der Waals surface area contributed by atoms with Gasteiger partial charge in [0.15, 0.2) is 0 Å². The zero-order valence-corrected chi connectivity index (χ0v) is 20.2. The fraction of sp³-hybridized carbons (Fsp3) is 0.458. The van der Waals surface area contributed by atoms with E-state index >= 15 is 0 Å². The predicted octanol–water partition coefficient (Wildman–Crippen LogP) is 3.14. The van der Waals surface area contributed by atoms with Crippen LogP contribution >= 0.6 is 0 Å². The summed E-state index contributed by atoms with van der Waals surface area (Å²) >= 11 is 0. The molecule has 1 heterocycles. The van der Waals surface area contributed by atoms with E-state index in [2.05, 4.69) is 10.2 Å². The summed E-state index contributed by atoms with van der Waals surface area (Å²) in [6.07, 6.45) is 2.71. The summed E-state index contributed by atoms with van der Waals surface area (Å²) in [7, 11) is -4.14. The summed E-state index contributed by atoms with van der Waals surface area (Å²) in [4.78, 5) is 19.6. The van der Waals surface area contributed by atoms with Crippen molar-refractivity contribution >= 4 is 21.6 Å². The van der Waals surface area contributed by atoms with Crippen LogP contribution in [0.3, 0.4) is 0 Å². The first kappa shape index (κ1) is 26.1. The van der Waals surface area contributed by atoms with Crippen LogP contribution < -0.4 is 15.1 Å². The number of hydrogen-bond donors (Lipinski definition) is 2. The number of sulfonamides is 1. The molecule has 0 radical (unpaired) electrons. The highest BCUT2D eigenvalue weighted by Gasteiger charge is 2.27. The molecular weight excluding hydrogens is 461 g/mol. The van der Waals surface area contributed by atoms with Crippen molar-refractivity contribution < 1.29 is 27.2 Å². The first-order chi connectivity index (χ1) is 16.4. The first-order valence-electron chi connectivity index (χ1n) is 11.5. The van der Waals surface area contributed by atoms with Crippen molar-refractivity contribution in [2.75, 3.05) is 31.2 Å². The highest BCUT2D eigenvalue weighted by Crippen LogP contribution is 2.24. The molecular formula is C24H32FN3O5S. The van der Waals surface area contributed by atoms with Crippen LogP contribution in [0.15, 0.2) is 53.4 Å². The number of nitrogens with one attached hydrogen (secondary N) is 2. The second-order valence-corrected chi connectivity index (χ2v) is 9.84. The Balaban J connectivity index is 1.67. The number of hydroxylamine groups is 1. The maximum atomic E-state index is 14.8. The number of carbonyl (C=O) groups is 1. The third-order valence-corrected chi connectivity index (χ3v) is 7.02. The van der Waals surface area contributed by atoms with Gasteiger partial charge in [-0.2, -0.15) is 4.72 Å². The van der Waals surface area contributed by atoms with Crippen LogP contribution in [-0.2, 0) is 31.0 Å². The second kappa shape index (κ2) is 12.8. The number of anilines is 1. The molecule has 3 rings (SSSR count). The van der Waals surface area contributed by atoms with Crippen LogP contribution in [0.2, 0.25) is 0 Å². The molecule has 0 bridgehead atoms. The molecule has 0 saturated carbocycles. The summed E-state index contributed by atoms with van der Waals surface area (Å²) in [6.45, 7) is 4.20. The Hall–Kier alpha value is -2.53. The Morgan fingerprint density at radius 1 is 1.15 bits per heavy atom. The first-order valence-corrected chi connectivity index (χ1v) is 13.0. The average Bonchev–Trinajstić information content (AvgIpc) is 2.84. The molecule has 2 aromatic rings. The predicted molar refractivity (Wildman–Crippen MR) is 127 cm³/mol. The number of carbonyl (C=O) groups excluding carboxylic acids is 1. The molecule has 1 aliphatic rings. The number of amides is 1. The molecule has 0 aliphatic carbocycles. The Bertz CT molecular complexity index is 1030. The van der Waals surface area contributed by atoms with Gasteiger partial charge in [-0.25, -0.2) is 18.3 Å². The summed E-state index contributed by atoms with van der Waals surface area (Å²) in [5.41, 5.74) is 3.53. The number of unbranched alkanes of at least 4 members (excludes halogenated alkanes) is 2. The number of benzene rings is 2. The van der Waals surface area contributed by atoms with Gasteiger partial charge in [-0.1, -0.05) is 56.5 Å². The molecule has 34 heavy (non-hydrogen) atoms. The van der Waals surface area contributed by atoms with Gasteiger partial charge in [0, 0.05) is 13.1 Å². The van der Waals surface area contributed by atoms with Crippen molar-refractivity contribution in [3.8, 4) is 0 Å². The van der Waals surface area contributed by atoms with Crippen LogP contribution in [0.5, 0.6) is 0 Å². The smallest absolute Gasteiger partial charge is 0.261 e. The van der Waals surface area contributed by atoms with Crippen molar-refractivity contribution in [3.05, 3.63) is 59.9 Å². The van der Waals surface area contributed by atoms with Crippen molar-refractivity contribution in [2.45, 2.75) is 50.2 Å². The van der Waals surface area contributed by atoms with E-state index in [1.165, 1.54) is 12.1 Å². The molecule has 0 aromatic heterocycles. The number of nitrogens with zero attached hydrogens (tertiary/aromatic N) is 1. The molecule has 2 aromatic carbocycles. The van der Waals surface area contributed by atoms with E-state index in [1.807, 2.05) is 42.2 Å². The number of halogens is 1. The summed E-state index contributed by atoms with van der Waals surface area (Å²) in [5.74, 6) is -1.23. The highest BCUT2D eigenvalue weighted by molar-refractivity contribution is 7.89. The Labute approximate surface area is 200 Å². The van der Waals surface area contributed by atoms with E-state index in [0.717, 1.165) is 24.5 Å². The SMILES string of the molecule is CCCCCC(NS(=O)(=O)c1ccc(N2CCOCC2)c(F)c1)C(=O)NOCc1ccccc1. The van der Waals surface area contributed by atoms with Crippen molar-refractivity contribution in [1.29, 1.82) is 0 Å². The van der Waals surface area contributed by atoms with Crippen LogP contribution in [-0.4, -0.2) is 46.7 Å². The molecule has 10 heteroatoms. The minimum Gasteiger partial charge on any atom is -0.378 e. The number of ether oxygens (including phenoxy) is 1. The van der Waals surface area contributed by atoms with Gasteiger partial charge in [-0.05, 0) is 30.2 Å². The lowest BCUT2D eigenvalue weighted by Crippen LogP contribution is -2.46. The zero-order valence-electron chi connectivity index (χ0n) is 19.3. The number of rotatable bonds is 12. The van der Waals surface area contributed by atoms with E-state index in [1.54, 1.807) is 0 Å². The van der Waals surface area contributed by atoms with Gasteiger partial charge < -0.3 is 9.64 Å². The molecule has 1 amide bonds. The van der Waals surface area contributed by atoms with Crippen molar-refractivity contribution in [1.82, 2.24) is 10.2 Å². The van der Waals surface area contributed by atoms with Gasteiger partial charge in [-0.3, -0.25) is 9.63 Å². The lowest BCUT2D eigenvalue weighted by Gasteiger charge is -2.29. The molecule has 1 unspecified atom stereocenters. The minimum atomic E-state index is -4.14. The van der Waals surface area contributed by atoms with Crippen LogP contribution in [0, 0.1) is 5.82 Å². The standard InChI is InChI=1S/C24H32FN3O5S/c1-2-3-5-10-22(24(29)26-33-18-19-8-6-4-7-9-19)27-34(30,31)20-11-12-23(21(25)17-20)28-13-15-32-16-14-28/h4,6-9,11-12,17,22,27H,2-3,5,10,13-16,18H2,1H3,(H,26,29). The Kier molecular flexibility index (Phi) is 9.82. The minimum absolute atomic E-state index is 0.148. The van der Waals surface area contributed by atoms with E-state index in [4.69, 9.17) is 9.57 Å². The number of morpholine rings is 1. The summed E-state index contributed by atoms with van der Waals surface area (Å²) < 4.78 is 48.4. The lowest BCUT2D eigenvalue weighted by molar-refractivity contribution is -0.136. The highest BCUT2D eigenvalue weighted by atomic mass is 32.2. The van der Waals surface area contributed by atoms with E-state index in [9.17, 15) is 17.6 Å². The third-order valence-electron chi connectivity index (χ3n) is 5.55. The van der Waals surface area contributed by atoms with Crippen LogP contribution in [0.25, 0.3) is 0 Å². The molecule has 186 valence electrons.